The lowest BCUT2D eigenvalue weighted by atomic mass is 9.76. The molecule has 3 atom stereocenters. The number of hydrogen-bond donors (Lipinski definition) is 1. The highest BCUT2D eigenvalue weighted by Crippen LogP contribution is 2.42. The topological polar surface area (TPSA) is 12.0 Å². The van der Waals surface area contributed by atoms with Crippen LogP contribution >= 0.6 is 0 Å². The third-order valence-corrected chi connectivity index (χ3v) is 3.55. The fraction of sp³-hybridized carbons (Fsp3) is 1.00. The van der Waals surface area contributed by atoms with Gasteiger partial charge < -0.3 is 5.32 Å². The van der Waals surface area contributed by atoms with Crippen LogP contribution in [0.3, 0.4) is 0 Å². The average molecular weight is 167 g/mol. The van der Waals surface area contributed by atoms with Crippen molar-refractivity contribution in [2.75, 3.05) is 0 Å². The molecule has 1 heterocycles. The van der Waals surface area contributed by atoms with E-state index in [4.69, 9.17) is 0 Å². The summed E-state index contributed by atoms with van der Waals surface area (Å²) < 4.78 is 0. The highest BCUT2D eigenvalue weighted by Gasteiger charge is 2.40. The molecule has 0 amide bonds. The van der Waals surface area contributed by atoms with Crippen LogP contribution in [0.1, 0.15) is 46.5 Å². The van der Waals surface area contributed by atoms with Gasteiger partial charge in [-0.2, -0.15) is 0 Å². The Hall–Kier alpha value is -0.0400. The fourth-order valence-electron chi connectivity index (χ4n) is 2.93. The normalized spacial score (nSPS) is 43.8. The molecule has 2 unspecified atom stereocenters. The Kier molecular flexibility index (Phi) is 1.95. The van der Waals surface area contributed by atoms with Gasteiger partial charge in [0.05, 0.1) is 0 Å². The Morgan fingerprint density at radius 1 is 1.50 bits per heavy atom. The van der Waals surface area contributed by atoms with E-state index >= 15 is 0 Å². The molecule has 0 aromatic heterocycles. The van der Waals surface area contributed by atoms with Gasteiger partial charge in [-0.25, -0.2) is 0 Å². The minimum absolute atomic E-state index is 0.488. The maximum absolute atomic E-state index is 3.63. The van der Waals surface area contributed by atoms with E-state index in [9.17, 15) is 0 Å². The van der Waals surface area contributed by atoms with Gasteiger partial charge in [0.25, 0.3) is 0 Å². The first kappa shape index (κ1) is 8.55. The summed E-state index contributed by atoms with van der Waals surface area (Å²) in [5.41, 5.74) is 0.488. The molecule has 0 aromatic rings. The van der Waals surface area contributed by atoms with E-state index < -0.39 is 0 Å². The predicted octanol–water partition coefficient (Wildman–Crippen LogP) is 2.56. The Morgan fingerprint density at radius 2 is 2.08 bits per heavy atom. The van der Waals surface area contributed by atoms with Gasteiger partial charge in [0.1, 0.15) is 0 Å². The second kappa shape index (κ2) is 2.73. The Balaban J connectivity index is 1.78. The first-order valence-electron chi connectivity index (χ1n) is 5.37. The molecule has 2 fully saturated rings. The second-order valence-electron chi connectivity index (χ2n) is 5.33. The standard InChI is InChI=1S/C11H21N/c1-8(10-4-5-10)6-11(3)7-9(2)12-11/h8-10,12H,4-7H2,1-3H3/t8?,9-,11?/m0/s1. The maximum Gasteiger partial charge on any atom is 0.0173 e. The highest BCUT2D eigenvalue weighted by atomic mass is 15.1. The molecule has 0 aromatic carbocycles. The molecule has 1 saturated heterocycles. The maximum atomic E-state index is 3.63. The van der Waals surface area contributed by atoms with Crippen molar-refractivity contribution in [2.45, 2.75) is 58.0 Å². The molecule has 0 bridgehead atoms. The summed E-state index contributed by atoms with van der Waals surface area (Å²) in [6, 6.07) is 0.765. The van der Waals surface area contributed by atoms with Gasteiger partial charge >= 0.3 is 0 Å². The summed E-state index contributed by atoms with van der Waals surface area (Å²) in [5, 5.41) is 3.63. The molecular weight excluding hydrogens is 146 g/mol. The summed E-state index contributed by atoms with van der Waals surface area (Å²) in [6.45, 7) is 7.09. The zero-order valence-corrected chi connectivity index (χ0v) is 8.56. The van der Waals surface area contributed by atoms with Crippen molar-refractivity contribution < 1.29 is 0 Å². The van der Waals surface area contributed by atoms with Crippen LogP contribution in [0.15, 0.2) is 0 Å². The molecule has 1 N–H and O–H groups in total. The number of nitrogens with one attached hydrogen (secondary N) is 1. The van der Waals surface area contributed by atoms with Crippen molar-refractivity contribution in [2.24, 2.45) is 11.8 Å². The number of hydrogen-bond acceptors (Lipinski definition) is 1. The summed E-state index contributed by atoms with van der Waals surface area (Å²) in [7, 11) is 0. The van der Waals surface area contributed by atoms with Crippen LogP contribution in [-0.2, 0) is 0 Å². The van der Waals surface area contributed by atoms with E-state index in [0.29, 0.717) is 5.54 Å². The summed E-state index contributed by atoms with van der Waals surface area (Å²) in [5.74, 6) is 2.02. The average Bonchev–Trinajstić information content (AvgIpc) is 2.63. The van der Waals surface area contributed by atoms with Crippen molar-refractivity contribution in [3.63, 3.8) is 0 Å². The fourth-order valence-corrected chi connectivity index (χ4v) is 2.93. The molecule has 70 valence electrons. The third kappa shape index (κ3) is 1.66. The lowest BCUT2D eigenvalue weighted by Crippen LogP contribution is -2.61. The first-order chi connectivity index (χ1) is 5.59. The quantitative estimate of drug-likeness (QED) is 0.681. The van der Waals surface area contributed by atoms with Gasteiger partial charge in [-0.05, 0) is 51.4 Å². The smallest absolute Gasteiger partial charge is 0.0173 e. The zero-order valence-electron chi connectivity index (χ0n) is 8.56. The van der Waals surface area contributed by atoms with Gasteiger partial charge in [-0.1, -0.05) is 6.92 Å². The molecule has 1 aliphatic heterocycles. The van der Waals surface area contributed by atoms with Crippen molar-refractivity contribution in [1.29, 1.82) is 0 Å². The van der Waals surface area contributed by atoms with E-state index in [1.165, 1.54) is 25.7 Å². The van der Waals surface area contributed by atoms with Gasteiger partial charge in [-0.3, -0.25) is 0 Å². The van der Waals surface area contributed by atoms with Gasteiger partial charge in [0.2, 0.25) is 0 Å². The van der Waals surface area contributed by atoms with Gasteiger partial charge in [0, 0.05) is 11.6 Å². The monoisotopic (exact) mass is 167 g/mol. The minimum Gasteiger partial charge on any atom is -0.309 e. The highest BCUT2D eigenvalue weighted by molar-refractivity contribution is 5.00. The molecule has 1 aliphatic carbocycles. The summed E-state index contributed by atoms with van der Waals surface area (Å²) in [6.07, 6.45) is 5.76. The second-order valence-corrected chi connectivity index (χ2v) is 5.33. The van der Waals surface area contributed by atoms with Crippen LogP contribution in [0.2, 0.25) is 0 Å². The van der Waals surface area contributed by atoms with Crippen LogP contribution in [0, 0.1) is 11.8 Å². The lowest BCUT2D eigenvalue weighted by molar-refractivity contribution is 0.129. The number of rotatable bonds is 3. The van der Waals surface area contributed by atoms with E-state index in [-0.39, 0.29) is 0 Å². The summed E-state index contributed by atoms with van der Waals surface area (Å²) >= 11 is 0. The Labute approximate surface area is 75.9 Å². The molecule has 1 saturated carbocycles. The lowest BCUT2D eigenvalue weighted by Gasteiger charge is -2.47. The van der Waals surface area contributed by atoms with E-state index in [0.717, 1.165) is 17.9 Å². The van der Waals surface area contributed by atoms with Crippen molar-refractivity contribution in [1.82, 2.24) is 5.32 Å². The Bertz CT molecular complexity index is 166. The Morgan fingerprint density at radius 3 is 2.50 bits per heavy atom. The molecule has 12 heavy (non-hydrogen) atoms. The molecule has 0 spiro atoms. The van der Waals surface area contributed by atoms with E-state index in [1.54, 1.807) is 0 Å². The third-order valence-electron chi connectivity index (χ3n) is 3.55. The zero-order chi connectivity index (χ0) is 8.77. The van der Waals surface area contributed by atoms with Crippen LogP contribution < -0.4 is 5.32 Å². The van der Waals surface area contributed by atoms with E-state index in [2.05, 4.69) is 26.1 Å². The van der Waals surface area contributed by atoms with Crippen LogP contribution in [0.4, 0.5) is 0 Å². The molecule has 1 heteroatoms. The largest absolute Gasteiger partial charge is 0.309 e. The van der Waals surface area contributed by atoms with Crippen molar-refractivity contribution in [3.05, 3.63) is 0 Å². The van der Waals surface area contributed by atoms with Crippen molar-refractivity contribution >= 4 is 0 Å². The van der Waals surface area contributed by atoms with E-state index in [1.807, 2.05) is 0 Å². The summed E-state index contributed by atoms with van der Waals surface area (Å²) in [4.78, 5) is 0. The van der Waals surface area contributed by atoms with Crippen LogP contribution in [0.5, 0.6) is 0 Å². The predicted molar refractivity (Wildman–Crippen MR) is 52.1 cm³/mol. The first-order valence-corrected chi connectivity index (χ1v) is 5.37. The molecule has 2 rings (SSSR count). The SMILES string of the molecule is CC(CC1(C)C[C@H](C)N1)C1CC1. The van der Waals surface area contributed by atoms with Crippen molar-refractivity contribution in [3.8, 4) is 0 Å². The van der Waals surface area contributed by atoms with Crippen LogP contribution in [0.25, 0.3) is 0 Å². The van der Waals surface area contributed by atoms with Gasteiger partial charge in [-0.15, -0.1) is 0 Å². The molecule has 0 radical (unpaired) electrons. The minimum atomic E-state index is 0.488. The molecule has 2 aliphatic rings. The molecule has 1 nitrogen and oxygen atoms in total. The molecular formula is C11H21N. The van der Waals surface area contributed by atoms with Crippen LogP contribution in [-0.4, -0.2) is 11.6 Å². The van der Waals surface area contributed by atoms with Gasteiger partial charge in [0.15, 0.2) is 0 Å².